The third-order valence-corrected chi connectivity index (χ3v) is 6.17. The molecule has 0 saturated carbocycles. The summed E-state index contributed by atoms with van der Waals surface area (Å²) in [6.07, 6.45) is 2.31. The molecule has 0 aliphatic carbocycles. The minimum absolute atomic E-state index is 0.0312. The summed E-state index contributed by atoms with van der Waals surface area (Å²) in [7, 11) is 0. The highest BCUT2D eigenvalue weighted by Gasteiger charge is 2.24. The van der Waals surface area contributed by atoms with Gasteiger partial charge in [-0.1, -0.05) is 113 Å². The van der Waals surface area contributed by atoms with Gasteiger partial charge in [-0.05, 0) is 46.0 Å². The standard InChI is InChI=1S/C28H23BrN2/c29-25-17-15-23(16-18-25)27-19-26(30-28(31-27)24-9-5-2-6-10-24)22-13-11-21(12-14-22)20-7-3-1-4-8-20/h1-19,26,28,30-31H. The van der Waals surface area contributed by atoms with Gasteiger partial charge in [-0.15, -0.1) is 0 Å². The van der Waals surface area contributed by atoms with Crippen LogP contribution in [0.1, 0.15) is 28.9 Å². The summed E-state index contributed by atoms with van der Waals surface area (Å²) in [6, 6.07) is 38.5. The van der Waals surface area contributed by atoms with E-state index < -0.39 is 0 Å². The zero-order chi connectivity index (χ0) is 21.0. The molecule has 5 rings (SSSR count). The van der Waals surface area contributed by atoms with Crippen LogP contribution in [-0.4, -0.2) is 0 Å². The van der Waals surface area contributed by atoms with Gasteiger partial charge in [0.25, 0.3) is 0 Å². The lowest BCUT2D eigenvalue weighted by Crippen LogP contribution is -2.39. The van der Waals surface area contributed by atoms with Crippen LogP contribution in [-0.2, 0) is 0 Å². The lowest BCUT2D eigenvalue weighted by molar-refractivity contribution is 0.442. The second-order valence-corrected chi connectivity index (χ2v) is 8.62. The molecule has 4 aromatic rings. The van der Waals surface area contributed by atoms with Gasteiger partial charge in [-0.3, -0.25) is 5.32 Å². The Hall–Kier alpha value is -3.14. The first kappa shape index (κ1) is 19.8. The molecule has 1 aliphatic rings. The van der Waals surface area contributed by atoms with Crippen LogP contribution in [0.3, 0.4) is 0 Å². The first-order valence-corrected chi connectivity index (χ1v) is 11.3. The van der Waals surface area contributed by atoms with Crippen molar-refractivity contribution >= 4 is 21.6 Å². The number of benzene rings is 4. The average Bonchev–Trinajstić information content (AvgIpc) is 2.85. The number of hydrogen-bond acceptors (Lipinski definition) is 2. The molecule has 0 amide bonds. The maximum atomic E-state index is 3.76. The molecule has 2 nitrogen and oxygen atoms in total. The summed E-state index contributed by atoms with van der Waals surface area (Å²) < 4.78 is 1.08. The Balaban J connectivity index is 1.49. The third-order valence-electron chi connectivity index (χ3n) is 5.64. The van der Waals surface area contributed by atoms with Crippen LogP contribution in [0.25, 0.3) is 16.8 Å². The normalized spacial score (nSPS) is 18.2. The molecular formula is C28H23BrN2. The van der Waals surface area contributed by atoms with E-state index in [1.807, 2.05) is 0 Å². The molecule has 3 heteroatoms. The summed E-state index contributed by atoms with van der Waals surface area (Å²) >= 11 is 3.54. The lowest BCUT2D eigenvalue weighted by Gasteiger charge is -2.33. The largest absolute Gasteiger partial charge is 0.366 e. The number of hydrogen-bond donors (Lipinski definition) is 2. The van der Waals surface area contributed by atoms with E-state index in [0.717, 1.165) is 10.2 Å². The Kier molecular flexibility index (Phi) is 5.70. The smallest absolute Gasteiger partial charge is 0.104 e. The van der Waals surface area contributed by atoms with Gasteiger partial charge in [-0.25, -0.2) is 0 Å². The molecule has 0 bridgehead atoms. The Labute approximate surface area is 191 Å². The Morgan fingerprint density at radius 2 is 1.13 bits per heavy atom. The maximum Gasteiger partial charge on any atom is 0.104 e. The molecule has 0 spiro atoms. The van der Waals surface area contributed by atoms with Gasteiger partial charge >= 0.3 is 0 Å². The van der Waals surface area contributed by atoms with E-state index in [-0.39, 0.29) is 12.2 Å². The van der Waals surface area contributed by atoms with Crippen molar-refractivity contribution in [2.45, 2.75) is 12.2 Å². The minimum atomic E-state index is 0.0312. The van der Waals surface area contributed by atoms with Crippen molar-refractivity contribution in [2.24, 2.45) is 0 Å². The van der Waals surface area contributed by atoms with Crippen LogP contribution in [0, 0.1) is 0 Å². The monoisotopic (exact) mass is 466 g/mol. The molecule has 0 fully saturated rings. The summed E-state index contributed by atoms with van der Waals surface area (Å²) in [4.78, 5) is 0. The van der Waals surface area contributed by atoms with E-state index in [2.05, 4.69) is 142 Å². The molecule has 0 radical (unpaired) electrons. The number of nitrogens with one attached hydrogen (secondary N) is 2. The molecule has 1 aliphatic heterocycles. The molecular weight excluding hydrogens is 444 g/mol. The second-order valence-electron chi connectivity index (χ2n) is 7.71. The topological polar surface area (TPSA) is 24.1 Å². The van der Waals surface area contributed by atoms with Gasteiger partial charge in [0.05, 0.1) is 6.04 Å². The third kappa shape index (κ3) is 4.48. The van der Waals surface area contributed by atoms with Crippen LogP contribution in [0.15, 0.2) is 120 Å². The first-order valence-electron chi connectivity index (χ1n) is 10.5. The van der Waals surface area contributed by atoms with Crippen LogP contribution in [0.5, 0.6) is 0 Å². The van der Waals surface area contributed by atoms with Gasteiger partial charge in [0.2, 0.25) is 0 Å². The molecule has 2 N–H and O–H groups in total. The Morgan fingerprint density at radius 1 is 0.548 bits per heavy atom. The predicted molar refractivity (Wildman–Crippen MR) is 132 cm³/mol. The van der Waals surface area contributed by atoms with Gasteiger partial charge in [0, 0.05) is 10.2 Å². The summed E-state index contributed by atoms with van der Waals surface area (Å²) in [6.45, 7) is 0. The van der Waals surface area contributed by atoms with E-state index >= 15 is 0 Å². The minimum Gasteiger partial charge on any atom is -0.366 e. The van der Waals surface area contributed by atoms with E-state index in [1.54, 1.807) is 0 Å². The SMILES string of the molecule is Brc1ccc(C2=CC(c3ccc(-c4ccccc4)cc3)NC(c3ccccc3)N2)cc1. The molecule has 152 valence electrons. The van der Waals surface area contributed by atoms with Crippen LogP contribution in [0.4, 0.5) is 0 Å². The highest BCUT2D eigenvalue weighted by Crippen LogP contribution is 2.31. The Morgan fingerprint density at radius 3 is 1.81 bits per heavy atom. The molecule has 0 aromatic heterocycles. The van der Waals surface area contributed by atoms with E-state index in [0.29, 0.717) is 0 Å². The molecule has 1 heterocycles. The quantitative estimate of drug-likeness (QED) is 0.335. The average molecular weight is 467 g/mol. The zero-order valence-electron chi connectivity index (χ0n) is 17.0. The first-order chi connectivity index (χ1) is 15.3. The maximum absolute atomic E-state index is 3.76. The Bertz CT molecular complexity index is 1170. The number of rotatable bonds is 4. The molecule has 4 aromatic carbocycles. The highest BCUT2D eigenvalue weighted by atomic mass is 79.9. The van der Waals surface area contributed by atoms with E-state index in [9.17, 15) is 0 Å². The summed E-state index contributed by atoms with van der Waals surface area (Å²) in [5.74, 6) is 0. The second kappa shape index (κ2) is 8.93. The fourth-order valence-corrected chi connectivity index (χ4v) is 4.24. The fourth-order valence-electron chi connectivity index (χ4n) is 3.98. The van der Waals surface area contributed by atoms with Crippen LogP contribution >= 0.6 is 15.9 Å². The van der Waals surface area contributed by atoms with Crippen molar-refractivity contribution in [3.05, 3.63) is 136 Å². The summed E-state index contributed by atoms with van der Waals surface area (Å²) in [5.41, 5.74) is 7.25. The molecule has 0 saturated heterocycles. The summed E-state index contributed by atoms with van der Waals surface area (Å²) in [5, 5.41) is 7.44. The van der Waals surface area contributed by atoms with Gasteiger partial charge in [0.1, 0.15) is 6.17 Å². The van der Waals surface area contributed by atoms with Crippen LogP contribution < -0.4 is 10.6 Å². The van der Waals surface area contributed by atoms with Gasteiger partial charge in [0.15, 0.2) is 0 Å². The molecule has 2 unspecified atom stereocenters. The van der Waals surface area contributed by atoms with Crippen molar-refractivity contribution in [3.8, 4) is 11.1 Å². The highest BCUT2D eigenvalue weighted by molar-refractivity contribution is 9.10. The zero-order valence-corrected chi connectivity index (χ0v) is 18.6. The van der Waals surface area contributed by atoms with Crippen molar-refractivity contribution in [3.63, 3.8) is 0 Å². The molecule has 31 heavy (non-hydrogen) atoms. The van der Waals surface area contributed by atoms with Crippen LogP contribution in [0.2, 0.25) is 0 Å². The van der Waals surface area contributed by atoms with Crippen molar-refractivity contribution in [1.82, 2.24) is 10.6 Å². The number of halogens is 1. The van der Waals surface area contributed by atoms with Crippen molar-refractivity contribution in [1.29, 1.82) is 0 Å². The lowest BCUT2D eigenvalue weighted by atomic mass is 9.96. The fraction of sp³-hybridized carbons (Fsp3) is 0.0714. The van der Waals surface area contributed by atoms with E-state index in [4.69, 9.17) is 0 Å². The van der Waals surface area contributed by atoms with Crippen molar-refractivity contribution in [2.75, 3.05) is 0 Å². The van der Waals surface area contributed by atoms with E-state index in [1.165, 1.54) is 27.8 Å². The van der Waals surface area contributed by atoms with Gasteiger partial charge in [-0.2, -0.15) is 0 Å². The molecule has 2 atom stereocenters. The predicted octanol–water partition coefficient (Wildman–Crippen LogP) is 7.09. The van der Waals surface area contributed by atoms with Crippen molar-refractivity contribution < 1.29 is 0 Å². The van der Waals surface area contributed by atoms with Gasteiger partial charge < -0.3 is 5.32 Å².